The molecule has 2 N–H and O–H groups in total. The van der Waals surface area contributed by atoms with Gasteiger partial charge < -0.3 is 38.9 Å². The van der Waals surface area contributed by atoms with Gasteiger partial charge in [-0.05, 0) is 54.0 Å². The van der Waals surface area contributed by atoms with Crippen molar-refractivity contribution in [2.45, 2.75) is 67.0 Å². The second-order valence-electron chi connectivity index (χ2n) is 12.2. The van der Waals surface area contributed by atoms with Crippen molar-refractivity contribution in [3.8, 4) is 17.2 Å². The first kappa shape index (κ1) is 34.9. The SMILES string of the molecule is C[C@@H](COC(=O)Oc1ccccc1)OC(=O)[C@@H](N)Cc1ccc(OC(=O)OCC(C)(C)C)c(OC(=O)OCC(C)(C)C)c1. The Labute approximate surface area is 251 Å². The fourth-order valence-corrected chi connectivity index (χ4v) is 3.09. The van der Waals surface area contributed by atoms with Crippen LogP contribution in [0.15, 0.2) is 48.5 Å². The number of para-hydroxylation sites is 1. The zero-order valence-corrected chi connectivity index (χ0v) is 25.7. The fourth-order valence-electron chi connectivity index (χ4n) is 3.09. The van der Waals surface area contributed by atoms with Crippen LogP contribution >= 0.6 is 0 Å². The zero-order chi connectivity index (χ0) is 32.2. The Morgan fingerprint density at radius 2 is 1.26 bits per heavy atom. The summed E-state index contributed by atoms with van der Waals surface area (Å²) in [5, 5.41) is 0. The molecule has 2 aromatic rings. The van der Waals surface area contributed by atoms with Crippen molar-refractivity contribution in [3.05, 3.63) is 54.1 Å². The highest BCUT2D eigenvalue weighted by Crippen LogP contribution is 2.30. The lowest BCUT2D eigenvalue weighted by atomic mass is 9.99. The number of nitrogens with two attached hydrogens (primary N) is 1. The van der Waals surface area contributed by atoms with Crippen LogP contribution in [0.3, 0.4) is 0 Å². The molecular formula is C31H41NO11. The average Bonchev–Trinajstić information content (AvgIpc) is 2.91. The summed E-state index contributed by atoms with van der Waals surface area (Å²) >= 11 is 0. The van der Waals surface area contributed by atoms with Crippen LogP contribution in [-0.2, 0) is 30.2 Å². The third-order valence-corrected chi connectivity index (χ3v) is 5.10. The van der Waals surface area contributed by atoms with Gasteiger partial charge in [0.25, 0.3) is 0 Å². The van der Waals surface area contributed by atoms with E-state index in [1.165, 1.54) is 19.1 Å². The van der Waals surface area contributed by atoms with Crippen LogP contribution in [0.2, 0.25) is 0 Å². The smallest absolute Gasteiger partial charge is 0.458 e. The lowest BCUT2D eigenvalue weighted by Crippen LogP contribution is -2.37. The maximum absolute atomic E-state index is 12.6. The number of ether oxygens (including phenoxy) is 7. The minimum Gasteiger partial charge on any atom is -0.458 e. The lowest BCUT2D eigenvalue weighted by molar-refractivity contribution is -0.151. The second kappa shape index (κ2) is 15.8. The predicted molar refractivity (Wildman–Crippen MR) is 155 cm³/mol. The van der Waals surface area contributed by atoms with Crippen LogP contribution in [0.4, 0.5) is 14.4 Å². The maximum atomic E-state index is 12.6. The van der Waals surface area contributed by atoms with E-state index in [0.717, 1.165) is 0 Å². The topological polar surface area (TPSA) is 159 Å². The number of esters is 1. The summed E-state index contributed by atoms with van der Waals surface area (Å²) in [5.41, 5.74) is 5.92. The Bertz CT molecular complexity index is 1230. The van der Waals surface area contributed by atoms with Crippen molar-refractivity contribution in [1.82, 2.24) is 0 Å². The lowest BCUT2D eigenvalue weighted by Gasteiger charge is -2.19. The van der Waals surface area contributed by atoms with E-state index in [2.05, 4.69) is 0 Å². The normalized spacial score (nSPS) is 12.7. The van der Waals surface area contributed by atoms with Gasteiger partial charge in [0.15, 0.2) is 11.5 Å². The summed E-state index contributed by atoms with van der Waals surface area (Å²) in [6.07, 6.45) is -3.78. The molecule has 0 aliphatic rings. The number of rotatable bonds is 11. The van der Waals surface area contributed by atoms with E-state index in [9.17, 15) is 19.2 Å². The summed E-state index contributed by atoms with van der Waals surface area (Å²) in [6, 6.07) is 11.5. The zero-order valence-electron chi connectivity index (χ0n) is 25.7. The van der Waals surface area contributed by atoms with Crippen molar-refractivity contribution < 1.29 is 52.3 Å². The Balaban J connectivity index is 2.01. The van der Waals surface area contributed by atoms with Crippen LogP contribution in [0.25, 0.3) is 0 Å². The molecule has 0 heterocycles. The summed E-state index contributed by atoms with van der Waals surface area (Å²) in [6.45, 7) is 12.8. The van der Waals surface area contributed by atoms with E-state index in [1.807, 2.05) is 41.5 Å². The molecule has 0 aliphatic heterocycles. The van der Waals surface area contributed by atoms with Gasteiger partial charge >= 0.3 is 24.4 Å². The number of carbonyl (C=O) groups excluding carboxylic acids is 4. The van der Waals surface area contributed by atoms with Gasteiger partial charge in [0.1, 0.15) is 24.5 Å². The van der Waals surface area contributed by atoms with E-state index in [4.69, 9.17) is 38.9 Å². The Hall–Kier alpha value is -4.32. The molecule has 2 rings (SSSR count). The van der Waals surface area contributed by atoms with Gasteiger partial charge in [-0.3, -0.25) is 4.79 Å². The summed E-state index contributed by atoms with van der Waals surface area (Å²) < 4.78 is 36.2. The van der Waals surface area contributed by atoms with Crippen LogP contribution in [-0.4, -0.2) is 56.4 Å². The molecule has 0 saturated carbocycles. The van der Waals surface area contributed by atoms with E-state index < -0.39 is 36.6 Å². The van der Waals surface area contributed by atoms with Crippen LogP contribution < -0.4 is 19.9 Å². The third-order valence-electron chi connectivity index (χ3n) is 5.10. The largest absolute Gasteiger partial charge is 0.513 e. The first-order valence-corrected chi connectivity index (χ1v) is 13.7. The molecule has 12 nitrogen and oxygen atoms in total. The van der Waals surface area contributed by atoms with Crippen LogP contribution in [0, 0.1) is 10.8 Å². The molecule has 0 amide bonds. The van der Waals surface area contributed by atoms with Crippen molar-refractivity contribution in [2.75, 3.05) is 19.8 Å². The standard InChI is InChI=1S/C31H41NO11/c1-20(17-37-27(34)41-22-11-9-8-10-12-22)40-26(33)23(32)15-21-13-14-24(42-28(35)38-18-30(2,3)4)25(16-21)43-29(36)39-19-31(5,6)7/h8-14,16,20,23H,15,17-19,32H2,1-7H3/t20-,23-/m0/s1. The second-order valence-corrected chi connectivity index (χ2v) is 12.2. The molecule has 236 valence electrons. The predicted octanol–water partition coefficient (Wildman–Crippen LogP) is 5.83. The number of benzene rings is 2. The molecule has 0 unspecified atom stereocenters. The maximum Gasteiger partial charge on any atom is 0.513 e. The third kappa shape index (κ3) is 14.4. The molecule has 43 heavy (non-hydrogen) atoms. The Morgan fingerprint density at radius 1 is 0.721 bits per heavy atom. The molecule has 2 atom stereocenters. The van der Waals surface area contributed by atoms with Crippen LogP contribution in [0.5, 0.6) is 17.2 Å². The molecule has 0 aliphatic carbocycles. The van der Waals surface area contributed by atoms with Crippen molar-refractivity contribution in [1.29, 1.82) is 0 Å². The van der Waals surface area contributed by atoms with Gasteiger partial charge in [0, 0.05) is 0 Å². The molecule has 2 aromatic carbocycles. The first-order valence-electron chi connectivity index (χ1n) is 13.7. The molecule has 0 saturated heterocycles. The van der Waals surface area contributed by atoms with E-state index in [1.54, 1.807) is 36.4 Å². The molecule has 0 radical (unpaired) electrons. The number of hydrogen-bond donors (Lipinski definition) is 1. The average molecular weight is 604 g/mol. The summed E-state index contributed by atoms with van der Waals surface area (Å²) in [5.74, 6) is -0.683. The van der Waals surface area contributed by atoms with Crippen molar-refractivity contribution in [3.63, 3.8) is 0 Å². The molecule has 12 heteroatoms. The van der Waals surface area contributed by atoms with Gasteiger partial charge in [-0.15, -0.1) is 0 Å². The van der Waals surface area contributed by atoms with Crippen molar-refractivity contribution in [2.24, 2.45) is 16.6 Å². The minimum atomic E-state index is -1.12. The fraction of sp³-hybridized carbons (Fsp3) is 0.484. The molecule has 0 fully saturated rings. The van der Waals surface area contributed by atoms with Crippen molar-refractivity contribution >= 4 is 24.4 Å². The minimum absolute atomic E-state index is 0.0232. The summed E-state index contributed by atoms with van der Waals surface area (Å²) in [4.78, 5) is 49.1. The van der Waals surface area contributed by atoms with Gasteiger partial charge in [0.2, 0.25) is 0 Å². The summed E-state index contributed by atoms with van der Waals surface area (Å²) in [7, 11) is 0. The van der Waals surface area contributed by atoms with Gasteiger partial charge in [-0.2, -0.15) is 0 Å². The molecule has 0 bridgehead atoms. The van der Waals surface area contributed by atoms with Crippen LogP contribution in [0.1, 0.15) is 54.0 Å². The van der Waals surface area contributed by atoms with E-state index >= 15 is 0 Å². The van der Waals surface area contributed by atoms with Gasteiger partial charge in [-0.1, -0.05) is 65.8 Å². The van der Waals surface area contributed by atoms with E-state index in [0.29, 0.717) is 11.3 Å². The van der Waals surface area contributed by atoms with Gasteiger partial charge in [0.05, 0.1) is 13.2 Å². The van der Waals surface area contributed by atoms with Gasteiger partial charge in [-0.25, -0.2) is 14.4 Å². The Kier molecular flexibility index (Phi) is 12.8. The molecule has 0 aromatic heterocycles. The Morgan fingerprint density at radius 3 is 1.81 bits per heavy atom. The highest BCUT2D eigenvalue weighted by molar-refractivity contribution is 5.76. The molecular weight excluding hydrogens is 562 g/mol. The number of carbonyl (C=O) groups is 4. The number of hydrogen-bond acceptors (Lipinski definition) is 12. The monoisotopic (exact) mass is 603 g/mol. The highest BCUT2D eigenvalue weighted by atomic mass is 16.7. The first-order chi connectivity index (χ1) is 20.0. The van der Waals surface area contributed by atoms with E-state index in [-0.39, 0.29) is 48.6 Å². The highest BCUT2D eigenvalue weighted by Gasteiger charge is 2.23. The molecule has 0 spiro atoms. The quantitative estimate of drug-likeness (QED) is 0.186.